The number of fused-ring (bicyclic) bond motifs is 1. The van der Waals surface area contributed by atoms with Crippen LogP contribution in [-0.2, 0) is 18.4 Å². The van der Waals surface area contributed by atoms with Crippen molar-refractivity contribution in [3.63, 3.8) is 0 Å². The van der Waals surface area contributed by atoms with Crippen molar-refractivity contribution in [2.45, 2.75) is 13.0 Å². The van der Waals surface area contributed by atoms with E-state index >= 15 is 0 Å². The summed E-state index contributed by atoms with van der Waals surface area (Å²) in [4.78, 5) is 24.0. The summed E-state index contributed by atoms with van der Waals surface area (Å²) in [6, 6.07) is 5.68. The van der Waals surface area contributed by atoms with Gasteiger partial charge in [-0.25, -0.2) is 0 Å². The number of carbonyl (C=O) groups excluding carboxylic acids is 2. The van der Waals surface area contributed by atoms with Crippen molar-refractivity contribution in [1.29, 1.82) is 0 Å². The molecule has 3 aromatic rings. The Morgan fingerprint density at radius 1 is 1.33 bits per heavy atom. The molecule has 3 heterocycles. The van der Waals surface area contributed by atoms with Crippen LogP contribution in [0.5, 0.6) is 0 Å². The van der Waals surface area contributed by atoms with Crippen LogP contribution in [0.25, 0.3) is 10.2 Å². The number of hydrogen-bond donors (Lipinski definition) is 2. The van der Waals surface area contributed by atoms with Crippen molar-refractivity contribution in [1.82, 2.24) is 25.0 Å². The third kappa shape index (κ3) is 3.65. The lowest BCUT2D eigenvalue weighted by Crippen LogP contribution is -2.38. The van der Waals surface area contributed by atoms with Crippen LogP contribution in [0, 0.1) is 0 Å². The third-order valence-electron chi connectivity index (χ3n) is 3.75. The molecule has 0 atom stereocenters. The van der Waals surface area contributed by atoms with Crippen molar-refractivity contribution in [3.8, 4) is 0 Å². The molecule has 0 saturated heterocycles. The molecule has 0 aliphatic carbocycles. The van der Waals surface area contributed by atoms with Crippen LogP contribution in [0.3, 0.4) is 0 Å². The Bertz CT molecular complexity index is 834. The molecule has 7 nitrogen and oxygen atoms in total. The minimum atomic E-state index is -0.243. The fourth-order valence-electron chi connectivity index (χ4n) is 2.48. The van der Waals surface area contributed by atoms with Crippen molar-refractivity contribution in [2.24, 2.45) is 7.05 Å². The van der Waals surface area contributed by atoms with Gasteiger partial charge in [0, 0.05) is 32.5 Å². The first-order chi connectivity index (χ1) is 11.6. The Morgan fingerprint density at radius 3 is 2.96 bits per heavy atom. The lowest BCUT2D eigenvalue weighted by molar-refractivity contribution is -0.120. The maximum Gasteiger partial charge on any atom is 0.268 e. The van der Waals surface area contributed by atoms with E-state index in [4.69, 9.17) is 0 Å². The van der Waals surface area contributed by atoms with E-state index in [2.05, 4.69) is 15.7 Å². The van der Waals surface area contributed by atoms with Crippen LogP contribution >= 0.6 is 11.3 Å². The molecule has 24 heavy (non-hydrogen) atoms. The highest BCUT2D eigenvalue weighted by molar-refractivity contribution is 7.17. The minimum absolute atomic E-state index is 0.0283. The zero-order valence-corrected chi connectivity index (χ0v) is 14.2. The fourth-order valence-corrected chi connectivity index (χ4v) is 3.33. The van der Waals surface area contributed by atoms with Crippen molar-refractivity contribution in [3.05, 3.63) is 41.7 Å². The van der Waals surface area contributed by atoms with Crippen LogP contribution < -0.4 is 10.6 Å². The number of carbonyl (C=O) groups is 2. The van der Waals surface area contributed by atoms with E-state index in [1.165, 1.54) is 0 Å². The number of hydrogen-bond acceptors (Lipinski definition) is 4. The van der Waals surface area contributed by atoms with Gasteiger partial charge < -0.3 is 15.2 Å². The van der Waals surface area contributed by atoms with Crippen LogP contribution in [0.2, 0.25) is 0 Å². The molecule has 0 spiro atoms. The van der Waals surface area contributed by atoms with E-state index < -0.39 is 0 Å². The van der Waals surface area contributed by atoms with Crippen LogP contribution in [-0.4, -0.2) is 39.3 Å². The molecule has 126 valence electrons. The molecule has 0 saturated carbocycles. The van der Waals surface area contributed by atoms with Gasteiger partial charge >= 0.3 is 0 Å². The molecular formula is C16H19N5O2S. The van der Waals surface area contributed by atoms with Gasteiger partial charge in [0.2, 0.25) is 5.91 Å². The molecule has 0 fully saturated rings. The third-order valence-corrected chi connectivity index (χ3v) is 4.60. The number of thiophene rings is 1. The predicted octanol–water partition coefficient (Wildman–Crippen LogP) is 1.37. The second kappa shape index (κ2) is 7.31. The first-order valence-electron chi connectivity index (χ1n) is 7.70. The summed E-state index contributed by atoms with van der Waals surface area (Å²) in [6.07, 6.45) is 4.39. The summed E-state index contributed by atoms with van der Waals surface area (Å²) < 4.78 is 4.71. The first kappa shape index (κ1) is 16.3. The van der Waals surface area contributed by atoms with E-state index in [9.17, 15) is 9.59 Å². The monoisotopic (exact) mass is 345 g/mol. The first-order valence-corrected chi connectivity index (χ1v) is 8.58. The molecule has 0 aromatic carbocycles. The number of amides is 2. The van der Waals surface area contributed by atoms with Crippen molar-refractivity contribution in [2.75, 3.05) is 13.1 Å². The van der Waals surface area contributed by atoms with Gasteiger partial charge in [0.05, 0.1) is 16.8 Å². The standard InChI is InChI=1S/C16H19N5O2S/c1-20-12-4-9-24-14(12)10-13(20)16(23)18-11-15(22)17-5-2-7-21-8-3-6-19-21/h3-4,6,8-10H,2,5,7,11H2,1H3,(H,17,22)(H,18,23). The molecule has 0 radical (unpaired) electrons. The largest absolute Gasteiger partial charge is 0.355 e. The molecule has 0 bridgehead atoms. The average molecular weight is 345 g/mol. The van der Waals surface area contributed by atoms with Gasteiger partial charge in [0.1, 0.15) is 5.69 Å². The quantitative estimate of drug-likeness (QED) is 0.635. The number of aryl methyl sites for hydroxylation is 2. The lowest BCUT2D eigenvalue weighted by Gasteiger charge is -2.08. The van der Waals surface area contributed by atoms with Crippen molar-refractivity contribution >= 4 is 33.4 Å². The number of nitrogens with one attached hydrogen (secondary N) is 2. The van der Waals surface area contributed by atoms with E-state index in [1.807, 2.05) is 46.1 Å². The Kier molecular flexibility index (Phi) is 4.95. The van der Waals surface area contributed by atoms with Gasteiger partial charge in [-0.2, -0.15) is 5.10 Å². The average Bonchev–Trinajstić information content (AvgIpc) is 3.29. The normalized spacial score (nSPS) is 10.9. The van der Waals surface area contributed by atoms with Crippen molar-refractivity contribution < 1.29 is 9.59 Å². The highest BCUT2D eigenvalue weighted by Gasteiger charge is 2.14. The molecule has 3 rings (SSSR count). The zero-order valence-electron chi connectivity index (χ0n) is 13.4. The number of rotatable bonds is 7. The summed E-state index contributed by atoms with van der Waals surface area (Å²) in [5.41, 5.74) is 1.58. The maximum atomic E-state index is 12.2. The second-order valence-electron chi connectivity index (χ2n) is 5.41. The van der Waals surface area contributed by atoms with Gasteiger partial charge in [-0.1, -0.05) is 0 Å². The summed E-state index contributed by atoms with van der Waals surface area (Å²) in [7, 11) is 1.85. The number of nitrogens with zero attached hydrogens (tertiary/aromatic N) is 3. The van der Waals surface area contributed by atoms with Crippen LogP contribution in [0.15, 0.2) is 36.0 Å². The Labute approximate surface area is 143 Å². The number of aromatic nitrogens is 3. The molecular weight excluding hydrogens is 326 g/mol. The van der Waals surface area contributed by atoms with Crippen LogP contribution in [0.1, 0.15) is 16.9 Å². The second-order valence-corrected chi connectivity index (χ2v) is 6.36. The van der Waals surface area contributed by atoms with Crippen LogP contribution in [0.4, 0.5) is 0 Å². The Balaban J connectivity index is 1.41. The summed E-state index contributed by atoms with van der Waals surface area (Å²) in [5, 5.41) is 11.5. The highest BCUT2D eigenvalue weighted by Crippen LogP contribution is 2.23. The smallest absolute Gasteiger partial charge is 0.268 e. The predicted molar refractivity (Wildman–Crippen MR) is 93.0 cm³/mol. The van der Waals surface area contributed by atoms with Gasteiger partial charge in [-0.05, 0) is 30.0 Å². The topological polar surface area (TPSA) is 81.0 Å². The Hall–Kier alpha value is -2.61. The molecule has 0 aliphatic heterocycles. The van der Waals surface area contributed by atoms with E-state index in [0.717, 1.165) is 23.2 Å². The SMILES string of the molecule is Cn1c(C(=O)NCC(=O)NCCCn2cccn2)cc2sccc21. The summed E-state index contributed by atoms with van der Waals surface area (Å²) >= 11 is 1.59. The molecule has 0 aliphatic rings. The lowest BCUT2D eigenvalue weighted by atomic mass is 10.4. The Morgan fingerprint density at radius 2 is 2.21 bits per heavy atom. The van der Waals surface area contributed by atoms with Gasteiger partial charge in [-0.3, -0.25) is 14.3 Å². The summed E-state index contributed by atoms with van der Waals surface area (Å²) in [6.45, 7) is 1.27. The molecule has 0 unspecified atom stereocenters. The van der Waals surface area contributed by atoms with E-state index in [0.29, 0.717) is 12.2 Å². The maximum absolute atomic E-state index is 12.2. The van der Waals surface area contributed by atoms with Gasteiger partial charge in [-0.15, -0.1) is 11.3 Å². The molecule has 2 amide bonds. The molecule has 3 aromatic heterocycles. The fraction of sp³-hybridized carbons (Fsp3) is 0.312. The molecule has 2 N–H and O–H groups in total. The zero-order chi connectivity index (χ0) is 16.9. The minimum Gasteiger partial charge on any atom is -0.355 e. The molecule has 8 heteroatoms. The summed E-state index contributed by atoms with van der Waals surface area (Å²) in [5.74, 6) is -0.438. The van der Waals surface area contributed by atoms with E-state index in [-0.39, 0.29) is 18.4 Å². The van der Waals surface area contributed by atoms with Gasteiger partial charge in [0.15, 0.2) is 0 Å². The van der Waals surface area contributed by atoms with Gasteiger partial charge in [0.25, 0.3) is 5.91 Å². The van der Waals surface area contributed by atoms with E-state index in [1.54, 1.807) is 17.5 Å². The highest BCUT2D eigenvalue weighted by atomic mass is 32.1.